The van der Waals surface area contributed by atoms with E-state index in [0.717, 1.165) is 30.8 Å². The van der Waals surface area contributed by atoms with Crippen LogP contribution in [0.15, 0.2) is 0 Å². The van der Waals surface area contributed by atoms with Gasteiger partial charge in [-0.05, 0) is 50.4 Å². The maximum atomic E-state index is 13.6. The van der Waals surface area contributed by atoms with Gasteiger partial charge in [0.2, 0.25) is 5.78 Å². The topological polar surface area (TPSA) is 123 Å². The van der Waals surface area contributed by atoms with Crippen molar-refractivity contribution in [3.8, 4) is 0 Å². The van der Waals surface area contributed by atoms with Crippen molar-refractivity contribution >= 4 is 28.9 Å². The first-order valence-electron chi connectivity index (χ1n) is 13.4. The minimum atomic E-state index is -0.687. The molecule has 3 N–H and O–H groups in total. The fourth-order valence-corrected chi connectivity index (χ4v) is 5.42. The van der Waals surface area contributed by atoms with Gasteiger partial charge in [0.1, 0.15) is 5.52 Å². The third-order valence-corrected chi connectivity index (χ3v) is 8.09. The molecule has 2 aromatic rings. The molecular formula is C26H39N7O3. The number of nitrogens with one attached hydrogen (secondary N) is 3. The van der Waals surface area contributed by atoms with Gasteiger partial charge in [-0.25, -0.2) is 19.7 Å². The fraction of sp³-hybridized carbons (Fsp3) is 0.731. The monoisotopic (exact) mass is 497 g/mol. The minimum Gasteiger partial charge on any atom is -0.365 e. The summed E-state index contributed by atoms with van der Waals surface area (Å²) < 4.78 is 2.07. The average Bonchev–Trinajstić information content (AvgIpc) is 3.36. The number of aromatic nitrogens is 4. The molecule has 1 unspecified atom stereocenters. The highest BCUT2D eigenvalue weighted by Gasteiger charge is 2.34. The highest BCUT2D eigenvalue weighted by Crippen LogP contribution is 2.35. The molecule has 36 heavy (non-hydrogen) atoms. The number of carbonyl (C=O) groups excluding carboxylic acids is 2. The number of anilines is 1. The lowest BCUT2D eigenvalue weighted by Crippen LogP contribution is -2.32. The Bertz CT molecular complexity index is 1140. The second kappa shape index (κ2) is 9.61. The zero-order chi connectivity index (χ0) is 25.6. The largest absolute Gasteiger partial charge is 0.427 e. The molecule has 0 radical (unpaired) electrons. The van der Waals surface area contributed by atoms with E-state index in [1.807, 2.05) is 20.8 Å². The van der Waals surface area contributed by atoms with Gasteiger partial charge in [0.15, 0.2) is 29.3 Å². The van der Waals surface area contributed by atoms with E-state index in [-0.39, 0.29) is 11.8 Å². The van der Waals surface area contributed by atoms with E-state index >= 15 is 0 Å². The molecule has 5 rings (SSSR count). The number of amides is 1. The first kappa shape index (κ1) is 24.9. The van der Waals surface area contributed by atoms with Crippen LogP contribution in [0.5, 0.6) is 0 Å². The number of fused-ring (bicyclic) bond motifs is 1. The Morgan fingerprint density at radius 1 is 1.14 bits per heavy atom. The van der Waals surface area contributed by atoms with Crippen molar-refractivity contribution in [1.29, 1.82) is 0 Å². The van der Waals surface area contributed by atoms with Crippen molar-refractivity contribution in [1.82, 2.24) is 30.3 Å². The van der Waals surface area contributed by atoms with Gasteiger partial charge in [0.25, 0.3) is 0 Å². The van der Waals surface area contributed by atoms with E-state index in [4.69, 9.17) is 19.8 Å². The number of hydrogen-bond acceptors (Lipinski definition) is 8. The van der Waals surface area contributed by atoms with Gasteiger partial charge in [0.05, 0.1) is 0 Å². The van der Waals surface area contributed by atoms with Crippen molar-refractivity contribution in [2.24, 2.45) is 23.2 Å². The van der Waals surface area contributed by atoms with Crippen LogP contribution >= 0.6 is 0 Å². The number of hydrogen-bond donors (Lipinski definition) is 3. The van der Waals surface area contributed by atoms with Crippen LogP contribution in [-0.2, 0) is 11.4 Å². The molecule has 1 aliphatic heterocycles. The molecule has 10 heteroatoms. The van der Waals surface area contributed by atoms with Gasteiger partial charge in [-0.2, -0.15) is 0 Å². The molecule has 3 aliphatic rings. The zero-order valence-corrected chi connectivity index (χ0v) is 22.1. The van der Waals surface area contributed by atoms with Gasteiger partial charge in [-0.1, -0.05) is 47.0 Å². The van der Waals surface area contributed by atoms with Crippen molar-refractivity contribution < 1.29 is 14.4 Å². The third-order valence-electron chi connectivity index (χ3n) is 8.09. The van der Waals surface area contributed by atoms with Crippen molar-refractivity contribution in [3.63, 3.8) is 0 Å². The number of nitrogens with zero attached hydrogens (tertiary/aromatic N) is 4. The summed E-state index contributed by atoms with van der Waals surface area (Å²) in [5.74, 6) is 3.23. The van der Waals surface area contributed by atoms with Gasteiger partial charge >= 0.3 is 6.09 Å². The molecular weight excluding hydrogens is 458 g/mol. The summed E-state index contributed by atoms with van der Waals surface area (Å²) in [6.45, 7) is 11.0. The molecule has 0 bridgehead atoms. The zero-order valence-electron chi connectivity index (χ0n) is 22.1. The molecule has 1 saturated heterocycles. The van der Waals surface area contributed by atoms with Crippen LogP contribution < -0.4 is 16.1 Å². The van der Waals surface area contributed by atoms with Crippen molar-refractivity contribution in [2.75, 3.05) is 5.32 Å². The summed E-state index contributed by atoms with van der Waals surface area (Å²) >= 11 is 0. The van der Waals surface area contributed by atoms with Crippen LogP contribution in [0.25, 0.3) is 11.2 Å². The summed E-state index contributed by atoms with van der Waals surface area (Å²) in [6, 6.07) is 0.215. The van der Waals surface area contributed by atoms with Crippen molar-refractivity contribution in [2.45, 2.75) is 98.3 Å². The number of hydroxylamine groups is 1. The molecule has 196 valence electrons. The van der Waals surface area contributed by atoms with Gasteiger partial charge in [0, 0.05) is 18.0 Å². The fourth-order valence-electron chi connectivity index (χ4n) is 5.42. The van der Waals surface area contributed by atoms with Crippen LogP contribution in [0.2, 0.25) is 0 Å². The lowest BCUT2D eigenvalue weighted by atomic mass is 9.80. The molecule has 2 saturated carbocycles. The molecule has 2 aliphatic carbocycles. The van der Waals surface area contributed by atoms with E-state index in [9.17, 15) is 9.59 Å². The number of ketones is 1. The number of imidazole rings is 1. The lowest BCUT2D eigenvalue weighted by Gasteiger charge is -2.32. The maximum Gasteiger partial charge on any atom is 0.427 e. The number of carbonyl (C=O) groups is 2. The standard InChI is InChI=1S/C26H39N7O3/c1-14-9-11-16(12-10-14)13-33-18-20(27-15(2)17-7-6-8-17)28-22(23-31-25(35)36-32-23)29-21(18)30-24(33)19(34)26(3,4)5/h14-17,23,32H,6-13H2,1-5H3,(H,31,35)(H,27,28,29)/t14?,15-,16?,23?/m1/s1. The van der Waals surface area contributed by atoms with E-state index in [1.54, 1.807) is 0 Å². The molecule has 3 fully saturated rings. The summed E-state index contributed by atoms with van der Waals surface area (Å²) in [4.78, 5) is 44.5. The quantitative estimate of drug-likeness (QED) is 0.469. The lowest BCUT2D eigenvalue weighted by molar-refractivity contribution is 0.0840. The SMILES string of the molecule is CC1CCC(Cn2c(C(=O)C(C)(C)C)nc3nc(C4NOC(=O)N4)nc(N[C@H](C)C4CCC4)c32)CC1. The van der Waals surface area contributed by atoms with Crippen molar-refractivity contribution in [3.05, 3.63) is 11.6 Å². The summed E-state index contributed by atoms with van der Waals surface area (Å²) in [6.07, 6.45) is 7.05. The van der Waals surface area contributed by atoms with Gasteiger partial charge in [-0.15, -0.1) is 5.48 Å². The second-order valence-electron chi connectivity index (χ2n) is 12.1. The van der Waals surface area contributed by atoms with Crippen LogP contribution in [-0.4, -0.2) is 37.4 Å². The van der Waals surface area contributed by atoms with Gasteiger partial charge in [-0.3, -0.25) is 10.1 Å². The Morgan fingerprint density at radius 2 is 1.86 bits per heavy atom. The minimum absolute atomic E-state index is 0.0140. The Labute approximate surface area is 212 Å². The Balaban J connectivity index is 1.62. The van der Waals surface area contributed by atoms with Crippen LogP contribution in [0.1, 0.15) is 102 Å². The van der Waals surface area contributed by atoms with Gasteiger partial charge < -0.3 is 14.7 Å². The molecule has 2 atom stereocenters. The second-order valence-corrected chi connectivity index (χ2v) is 12.1. The first-order chi connectivity index (χ1) is 17.1. The van der Waals surface area contributed by atoms with Crippen LogP contribution in [0.3, 0.4) is 0 Å². The molecule has 2 aromatic heterocycles. The number of rotatable bonds is 7. The van der Waals surface area contributed by atoms with E-state index in [1.165, 1.54) is 32.1 Å². The van der Waals surface area contributed by atoms with Crippen LogP contribution in [0.4, 0.5) is 10.6 Å². The predicted octanol–water partition coefficient (Wildman–Crippen LogP) is 4.72. The van der Waals surface area contributed by atoms with Crippen LogP contribution in [0, 0.1) is 23.2 Å². The molecule has 10 nitrogen and oxygen atoms in total. The third kappa shape index (κ3) is 4.92. The maximum absolute atomic E-state index is 13.6. The van der Waals surface area contributed by atoms with E-state index in [2.05, 4.69) is 34.5 Å². The van der Waals surface area contributed by atoms with E-state index < -0.39 is 17.7 Å². The predicted molar refractivity (Wildman–Crippen MR) is 136 cm³/mol. The molecule has 3 heterocycles. The smallest absolute Gasteiger partial charge is 0.365 e. The molecule has 1 amide bonds. The normalized spacial score (nSPS) is 25.8. The molecule has 0 spiro atoms. The number of Topliss-reactive ketones (excluding diaryl/α,β-unsaturated/α-hetero) is 1. The summed E-state index contributed by atoms with van der Waals surface area (Å²) in [7, 11) is 0. The summed E-state index contributed by atoms with van der Waals surface area (Å²) in [5.41, 5.74) is 3.28. The highest BCUT2D eigenvalue weighted by molar-refractivity contribution is 6.00. The molecule has 0 aromatic carbocycles. The van der Waals surface area contributed by atoms with E-state index in [0.29, 0.717) is 34.9 Å². The highest BCUT2D eigenvalue weighted by atomic mass is 16.7. The first-order valence-corrected chi connectivity index (χ1v) is 13.4. The Morgan fingerprint density at radius 3 is 2.44 bits per heavy atom. The summed E-state index contributed by atoms with van der Waals surface area (Å²) in [5, 5.41) is 6.31. The Kier molecular flexibility index (Phi) is 6.65. The average molecular weight is 498 g/mol. The Hall–Kier alpha value is -2.75.